The molecule has 1 N–H and O–H groups in total. The van der Waals surface area contributed by atoms with Gasteiger partial charge in [0.05, 0.1) is 4.90 Å². The van der Waals surface area contributed by atoms with Crippen LogP contribution in [0.2, 0.25) is 0 Å². The van der Waals surface area contributed by atoms with Crippen LogP contribution in [0.3, 0.4) is 0 Å². The zero-order chi connectivity index (χ0) is 18.6. The summed E-state index contributed by atoms with van der Waals surface area (Å²) in [6.07, 6.45) is -1.03. The molecule has 5 nitrogen and oxygen atoms in total. The van der Waals surface area contributed by atoms with Crippen molar-refractivity contribution in [2.75, 3.05) is 0 Å². The minimum absolute atomic E-state index is 0. The molecule has 1 amide bonds. The molecular formula is C19H23NNaO4S. The van der Waals surface area contributed by atoms with Crippen molar-refractivity contribution in [2.24, 2.45) is 0 Å². The molecule has 0 aliphatic heterocycles. The molecule has 0 unspecified atom stereocenters. The number of hydrogen-bond acceptors (Lipinski definition) is 4. The van der Waals surface area contributed by atoms with E-state index in [1.807, 2.05) is 38.5 Å². The van der Waals surface area contributed by atoms with E-state index in [1.54, 1.807) is 42.5 Å². The first-order valence-corrected chi connectivity index (χ1v) is 9.63. The van der Waals surface area contributed by atoms with Crippen molar-refractivity contribution in [1.82, 2.24) is 4.72 Å². The van der Waals surface area contributed by atoms with Crippen molar-refractivity contribution in [2.45, 2.75) is 44.4 Å². The predicted molar refractivity (Wildman–Crippen MR) is 103 cm³/mol. The molecule has 2 rings (SSSR count). The zero-order valence-corrected chi connectivity index (χ0v) is 18.6. The number of ether oxygens (including phenoxy) is 1. The summed E-state index contributed by atoms with van der Waals surface area (Å²) in [5.74, 6) is 0.266. The predicted octanol–water partition coefficient (Wildman–Crippen LogP) is 4.03. The first-order chi connectivity index (χ1) is 11.7. The summed E-state index contributed by atoms with van der Waals surface area (Å²) in [4.78, 5) is 12.2. The van der Waals surface area contributed by atoms with Crippen LogP contribution in [0.5, 0.6) is 5.75 Å². The smallest absolute Gasteiger partial charge is 0.410 e. The maximum Gasteiger partial charge on any atom is 0.426 e. The molecular weight excluding hydrogens is 361 g/mol. The summed E-state index contributed by atoms with van der Waals surface area (Å²) in [6.45, 7) is 7.67. The average Bonchev–Trinajstić information content (AvgIpc) is 2.54. The summed E-state index contributed by atoms with van der Waals surface area (Å²) >= 11 is 0. The van der Waals surface area contributed by atoms with E-state index in [9.17, 15) is 13.2 Å². The second kappa shape index (κ2) is 9.55. The van der Waals surface area contributed by atoms with Gasteiger partial charge in [-0.3, -0.25) is 0 Å². The molecule has 0 fully saturated rings. The average molecular weight is 384 g/mol. The van der Waals surface area contributed by atoms with Gasteiger partial charge in [0.2, 0.25) is 0 Å². The fourth-order valence-corrected chi connectivity index (χ4v) is 4.16. The van der Waals surface area contributed by atoms with Crippen LogP contribution in [0.25, 0.3) is 0 Å². The number of carbonyl (C=O) groups is 1. The van der Waals surface area contributed by atoms with Gasteiger partial charge in [-0.1, -0.05) is 64.1 Å². The standard InChI is InChI=1S/C19H23NO4S.Na/c1-13(2)16-11-8-12-17(14(3)4)18(16)25(22,23)20-19(21)24-15-9-6-5-7-10-15;/h5-14H,1-4H3,(H,20,21);. The maximum atomic E-state index is 12.9. The second-order valence-electron chi connectivity index (χ2n) is 6.38. The van der Waals surface area contributed by atoms with Gasteiger partial charge in [0, 0.05) is 29.6 Å². The van der Waals surface area contributed by atoms with Crippen LogP contribution in [0.4, 0.5) is 4.79 Å². The molecule has 0 bridgehead atoms. The van der Waals surface area contributed by atoms with Gasteiger partial charge in [0.25, 0.3) is 10.0 Å². The molecule has 1 radical (unpaired) electrons. The Morgan fingerprint density at radius 1 is 0.885 bits per heavy atom. The van der Waals surface area contributed by atoms with E-state index in [2.05, 4.69) is 0 Å². The quantitative estimate of drug-likeness (QED) is 0.790. The number of rotatable bonds is 5. The van der Waals surface area contributed by atoms with E-state index < -0.39 is 16.1 Å². The van der Waals surface area contributed by atoms with Crippen LogP contribution in [0.15, 0.2) is 53.4 Å². The molecule has 26 heavy (non-hydrogen) atoms. The molecule has 0 saturated carbocycles. The van der Waals surface area contributed by atoms with E-state index in [0.717, 1.165) is 0 Å². The second-order valence-corrected chi connectivity index (χ2v) is 8.00. The van der Waals surface area contributed by atoms with Gasteiger partial charge in [0.15, 0.2) is 0 Å². The van der Waals surface area contributed by atoms with E-state index in [-0.39, 0.29) is 52.0 Å². The van der Waals surface area contributed by atoms with Gasteiger partial charge in [-0.25, -0.2) is 17.9 Å². The molecule has 0 aliphatic carbocycles. The molecule has 0 atom stereocenters. The molecule has 7 heteroatoms. The van der Waals surface area contributed by atoms with Crippen molar-refractivity contribution in [3.8, 4) is 5.75 Å². The van der Waals surface area contributed by atoms with Crippen LogP contribution in [0.1, 0.15) is 50.7 Å². The number of amides is 1. The minimum atomic E-state index is -4.06. The summed E-state index contributed by atoms with van der Waals surface area (Å²) in [5.41, 5.74) is 1.34. The fraction of sp³-hybridized carbons (Fsp3) is 0.316. The van der Waals surface area contributed by atoms with Crippen molar-refractivity contribution in [3.63, 3.8) is 0 Å². The van der Waals surface area contributed by atoms with Gasteiger partial charge in [-0.15, -0.1) is 0 Å². The molecule has 135 valence electrons. The van der Waals surface area contributed by atoms with E-state index >= 15 is 0 Å². The molecule has 2 aromatic carbocycles. The third-order valence-corrected chi connectivity index (χ3v) is 5.20. The van der Waals surface area contributed by atoms with Crippen molar-refractivity contribution in [3.05, 3.63) is 59.7 Å². The van der Waals surface area contributed by atoms with Gasteiger partial charge >= 0.3 is 6.09 Å². The summed E-state index contributed by atoms with van der Waals surface area (Å²) in [5, 5.41) is 0. The Bertz CT molecular complexity index is 823. The number of para-hydroxylation sites is 1. The third-order valence-electron chi connectivity index (χ3n) is 3.76. The third kappa shape index (κ3) is 5.58. The molecule has 0 spiro atoms. The number of benzene rings is 2. The van der Waals surface area contributed by atoms with Crippen LogP contribution in [0, 0.1) is 0 Å². The van der Waals surface area contributed by atoms with Crippen molar-refractivity contribution in [1.29, 1.82) is 0 Å². The summed E-state index contributed by atoms with van der Waals surface area (Å²) in [6, 6.07) is 13.7. The minimum Gasteiger partial charge on any atom is -0.410 e. The van der Waals surface area contributed by atoms with Crippen LogP contribution in [-0.4, -0.2) is 44.1 Å². The SMILES string of the molecule is CC(C)c1cccc(C(C)C)c1S(=O)(=O)NC(=O)Oc1ccccc1.[Na]. The Morgan fingerprint density at radius 3 is 1.85 bits per heavy atom. The normalized spacial score (nSPS) is 11.2. The van der Waals surface area contributed by atoms with Gasteiger partial charge in [-0.2, -0.15) is 0 Å². The van der Waals surface area contributed by atoms with E-state index in [0.29, 0.717) is 11.1 Å². The topological polar surface area (TPSA) is 72.5 Å². The number of carbonyl (C=O) groups excluding carboxylic acids is 1. The first-order valence-electron chi connectivity index (χ1n) is 8.15. The summed E-state index contributed by atoms with van der Waals surface area (Å²) in [7, 11) is -4.06. The van der Waals surface area contributed by atoms with Gasteiger partial charge in [0.1, 0.15) is 5.75 Å². The van der Waals surface area contributed by atoms with Gasteiger partial charge in [-0.05, 0) is 35.1 Å². The molecule has 0 aromatic heterocycles. The Hall–Kier alpha value is -1.34. The monoisotopic (exact) mass is 384 g/mol. The number of sulfonamides is 1. The Morgan fingerprint density at radius 2 is 1.38 bits per heavy atom. The van der Waals surface area contributed by atoms with E-state index in [1.165, 1.54) is 0 Å². The van der Waals surface area contributed by atoms with Crippen LogP contribution >= 0.6 is 0 Å². The van der Waals surface area contributed by atoms with Crippen LogP contribution in [-0.2, 0) is 10.0 Å². The van der Waals surface area contributed by atoms with Crippen molar-refractivity contribution >= 4 is 45.7 Å². The largest absolute Gasteiger partial charge is 0.426 e. The van der Waals surface area contributed by atoms with Gasteiger partial charge < -0.3 is 4.74 Å². The summed E-state index contributed by atoms with van der Waals surface area (Å²) < 4.78 is 32.8. The molecule has 0 heterocycles. The molecule has 2 aromatic rings. The Kier molecular flexibility index (Phi) is 8.34. The Balaban J connectivity index is 0.00000338. The Labute approximate surface area is 177 Å². The number of nitrogens with one attached hydrogen (secondary N) is 1. The van der Waals surface area contributed by atoms with Crippen molar-refractivity contribution < 1.29 is 17.9 Å². The molecule has 0 aliphatic rings. The number of hydrogen-bond donors (Lipinski definition) is 1. The van der Waals surface area contributed by atoms with E-state index in [4.69, 9.17) is 4.74 Å². The molecule has 0 saturated heterocycles. The fourth-order valence-electron chi connectivity index (χ4n) is 2.57. The maximum absolute atomic E-state index is 12.9. The van der Waals surface area contributed by atoms with Crippen LogP contribution < -0.4 is 9.46 Å². The zero-order valence-electron chi connectivity index (χ0n) is 15.8. The first kappa shape index (κ1) is 22.7.